The lowest BCUT2D eigenvalue weighted by atomic mass is 9.99. The molecule has 3 heterocycles. The molecule has 2 aromatic rings. The predicted molar refractivity (Wildman–Crippen MR) is 104 cm³/mol. The Labute approximate surface area is 162 Å². The molecule has 1 amide bonds. The molecule has 142 valence electrons. The lowest BCUT2D eigenvalue weighted by Crippen LogP contribution is -3.12. The Bertz CT molecular complexity index is 829. The number of thiophene rings is 1. The Morgan fingerprint density at radius 2 is 2.04 bits per heavy atom. The molecule has 0 unspecified atom stereocenters. The fraction of sp³-hybridized carbons (Fsp3) is 0.350. The molecule has 27 heavy (non-hydrogen) atoms. The van der Waals surface area contributed by atoms with Crippen molar-refractivity contribution in [3.05, 3.63) is 63.8 Å². The van der Waals surface area contributed by atoms with Crippen molar-refractivity contribution in [2.45, 2.75) is 19.9 Å². The van der Waals surface area contributed by atoms with Crippen molar-refractivity contribution in [3.8, 4) is 0 Å². The third-order valence-electron chi connectivity index (χ3n) is 4.97. The van der Waals surface area contributed by atoms with E-state index in [-0.39, 0.29) is 11.4 Å². The summed E-state index contributed by atoms with van der Waals surface area (Å²) in [5.41, 5.74) is 0.708. The lowest BCUT2D eigenvalue weighted by molar-refractivity contribution is -0.895. The van der Waals surface area contributed by atoms with Gasteiger partial charge in [-0.25, -0.2) is 0 Å². The number of rotatable bonds is 8. The van der Waals surface area contributed by atoms with Crippen LogP contribution in [0, 0.1) is 0 Å². The number of amides is 1. The molecule has 0 saturated carbocycles. The van der Waals surface area contributed by atoms with E-state index in [9.17, 15) is 14.7 Å². The molecule has 0 spiro atoms. The number of nitrogens with one attached hydrogen (secondary N) is 1. The number of aliphatic hydroxyl groups excluding tert-OH is 1. The summed E-state index contributed by atoms with van der Waals surface area (Å²) in [7, 11) is 0. The van der Waals surface area contributed by atoms with Crippen LogP contribution in [0.5, 0.6) is 0 Å². The van der Waals surface area contributed by atoms with Crippen LogP contribution in [-0.4, -0.2) is 52.9 Å². The van der Waals surface area contributed by atoms with Crippen LogP contribution >= 0.6 is 11.3 Å². The van der Waals surface area contributed by atoms with Crippen molar-refractivity contribution in [2.75, 3.05) is 26.2 Å². The maximum atomic E-state index is 13.0. The topological polar surface area (TPSA) is 74.9 Å². The van der Waals surface area contributed by atoms with Crippen LogP contribution in [0.15, 0.2) is 53.2 Å². The molecule has 6 nitrogen and oxygen atoms in total. The Kier molecular flexibility index (Phi) is 6.03. The van der Waals surface area contributed by atoms with Crippen LogP contribution in [0.4, 0.5) is 0 Å². The van der Waals surface area contributed by atoms with Gasteiger partial charge in [-0.15, -0.1) is 11.3 Å². The third-order valence-corrected chi connectivity index (χ3v) is 5.84. The average molecular weight is 386 g/mol. The van der Waals surface area contributed by atoms with Gasteiger partial charge in [0.1, 0.15) is 6.04 Å². The minimum atomic E-state index is -0.664. The molecule has 0 aliphatic carbocycles. The van der Waals surface area contributed by atoms with Gasteiger partial charge >= 0.3 is 0 Å². The number of aromatic nitrogens is 1. The first-order chi connectivity index (χ1) is 13.1. The number of quaternary nitrogens is 1. The zero-order chi connectivity index (χ0) is 19.4. The molecule has 0 saturated heterocycles. The molecule has 1 aliphatic rings. The van der Waals surface area contributed by atoms with Crippen molar-refractivity contribution in [3.63, 3.8) is 0 Å². The van der Waals surface area contributed by atoms with Gasteiger partial charge in [0.25, 0.3) is 5.91 Å². The van der Waals surface area contributed by atoms with Crippen LogP contribution < -0.4 is 4.90 Å². The van der Waals surface area contributed by atoms with Crippen LogP contribution in [0.1, 0.15) is 35.3 Å². The minimum absolute atomic E-state index is 0.121. The lowest BCUT2D eigenvalue weighted by Gasteiger charge is -2.27. The third kappa shape index (κ3) is 3.79. The first-order valence-corrected chi connectivity index (χ1v) is 10.0. The number of nitrogens with zero attached hydrogens (tertiary/aromatic N) is 2. The first-order valence-electron chi connectivity index (χ1n) is 9.15. The summed E-state index contributed by atoms with van der Waals surface area (Å²) < 4.78 is 0. The molecule has 1 atom stereocenters. The number of pyridine rings is 1. The van der Waals surface area contributed by atoms with E-state index in [4.69, 9.17) is 0 Å². The van der Waals surface area contributed by atoms with Crippen LogP contribution in [0.2, 0.25) is 0 Å². The highest BCUT2D eigenvalue weighted by molar-refractivity contribution is 7.12. The molecule has 0 fully saturated rings. The van der Waals surface area contributed by atoms with Gasteiger partial charge in [-0.1, -0.05) is 12.1 Å². The molecule has 0 radical (unpaired) electrons. The quantitative estimate of drug-likeness (QED) is 0.677. The van der Waals surface area contributed by atoms with E-state index >= 15 is 0 Å². The molecule has 0 bridgehead atoms. The Balaban J connectivity index is 1.98. The van der Waals surface area contributed by atoms with Gasteiger partial charge in [0.05, 0.1) is 42.3 Å². The Morgan fingerprint density at radius 3 is 2.63 bits per heavy atom. The van der Waals surface area contributed by atoms with Gasteiger partial charge in [0.15, 0.2) is 5.76 Å². The van der Waals surface area contributed by atoms with Crippen molar-refractivity contribution >= 4 is 23.0 Å². The standard InChI is InChI=1S/C20H23N3O3S/c1-3-22(4-2)11-12-23-17(14-8-5-6-10-21-14)16(19(25)20(23)26)18(24)15-9-7-13-27-15/h5-10,13,17,25H,3-4,11-12H2,1-2H3/p+1/t17-/m0/s1. The second-order valence-electron chi connectivity index (χ2n) is 6.43. The van der Waals surface area contributed by atoms with Crippen LogP contribution in [-0.2, 0) is 4.79 Å². The predicted octanol–water partition coefficient (Wildman–Crippen LogP) is 1.65. The van der Waals surface area contributed by atoms with E-state index in [2.05, 4.69) is 18.8 Å². The number of carbonyl (C=O) groups excluding carboxylic acids is 2. The number of likely N-dealkylation sites (N-methyl/N-ethyl adjacent to an activating group) is 1. The highest BCUT2D eigenvalue weighted by Crippen LogP contribution is 2.38. The fourth-order valence-electron chi connectivity index (χ4n) is 3.38. The maximum absolute atomic E-state index is 13.0. The van der Waals surface area contributed by atoms with Crippen molar-refractivity contribution in [1.29, 1.82) is 0 Å². The first kappa shape index (κ1) is 19.3. The number of Topliss-reactive ketones (excluding diaryl/α,β-unsaturated/α-hetero) is 1. The van der Waals surface area contributed by atoms with E-state index in [1.54, 1.807) is 40.7 Å². The number of hydrogen-bond acceptors (Lipinski definition) is 5. The van der Waals surface area contributed by atoms with E-state index in [1.165, 1.54) is 16.2 Å². The highest BCUT2D eigenvalue weighted by Gasteiger charge is 2.44. The van der Waals surface area contributed by atoms with Gasteiger partial charge in [0, 0.05) is 6.20 Å². The van der Waals surface area contributed by atoms with E-state index in [1.807, 2.05) is 6.07 Å². The number of aliphatic hydroxyl groups is 1. The van der Waals surface area contributed by atoms with Gasteiger partial charge in [-0.3, -0.25) is 14.6 Å². The fourth-order valence-corrected chi connectivity index (χ4v) is 4.06. The molecule has 1 aliphatic heterocycles. The molecule has 3 rings (SSSR count). The molecular formula is C20H24N3O3S+. The molecule has 7 heteroatoms. The van der Waals surface area contributed by atoms with E-state index in [0.717, 1.165) is 19.6 Å². The minimum Gasteiger partial charge on any atom is -0.503 e. The summed E-state index contributed by atoms with van der Waals surface area (Å²) in [5.74, 6) is -1.28. The van der Waals surface area contributed by atoms with Crippen LogP contribution in [0.3, 0.4) is 0 Å². The summed E-state index contributed by atoms with van der Waals surface area (Å²) >= 11 is 1.30. The second-order valence-corrected chi connectivity index (χ2v) is 7.38. The number of carbonyl (C=O) groups is 2. The summed E-state index contributed by atoms with van der Waals surface area (Å²) in [6, 6.07) is 8.22. The SMILES string of the molecule is CC[NH+](CC)CCN1C(=O)C(O)=C(C(=O)c2cccs2)[C@@H]1c1ccccn1. The number of ketones is 1. The summed E-state index contributed by atoms with van der Waals surface area (Å²) in [5, 5.41) is 12.4. The van der Waals surface area contributed by atoms with Gasteiger partial charge in [-0.2, -0.15) is 0 Å². The van der Waals surface area contributed by atoms with Crippen LogP contribution in [0.25, 0.3) is 0 Å². The molecule has 0 aromatic carbocycles. The monoisotopic (exact) mass is 386 g/mol. The smallest absolute Gasteiger partial charge is 0.290 e. The summed E-state index contributed by atoms with van der Waals surface area (Å²) in [6.07, 6.45) is 1.64. The molecule has 2 N–H and O–H groups in total. The van der Waals surface area contributed by atoms with Crippen molar-refractivity contribution in [1.82, 2.24) is 9.88 Å². The van der Waals surface area contributed by atoms with Gasteiger partial charge < -0.3 is 14.9 Å². The Hall–Kier alpha value is -2.51. The molecule has 2 aromatic heterocycles. The van der Waals surface area contributed by atoms with Crippen molar-refractivity contribution in [2.24, 2.45) is 0 Å². The largest absolute Gasteiger partial charge is 0.503 e. The molecular weight excluding hydrogens is 362 g/mol. The highest BCUT2D eigenvalue weighted by atomic mass is 32.1. The van der Waals surface area contributed by atoms with E-state index in [0.29, 0.717) is 17.1 Å². The normalized spacial score (nSPS) is 17.2. The van der Waals surface area contributed by atoms with Gasteiger partial charge in [-0.05, 0) is 37.4 Å². The van der Waals surface area contributed by atoms with E-state index < -0.39 is 17.7 Å². The maximum Gasteiger partial charge on any atom is 0.290 e. The summed E-state index contributed by atoms with van der Waals surface area (Å²) in [6.45, 7) is 7.29. The average Bonchev–Trinajstić information content (AvgIpc) is 3.31. The van der Waals surface area contributed by atoms with Gasteiger partial charge in [0.2, 0.25) is 5.78 Å². The number of hydrogen-bond donors (Lipinski definition) is 2. The van der Waals surface area contributed by atoms with Crippen molar-refractivity contribution < 1.29 is 19.6 Å². The Morgan fingerprint density at radius 1 is 1.26 bits per heavy atom. The summed E-state index contributed by atoms with van der Waals surface area (Å²) in [4.78, 5) is 33.6. The zero-order valence-corrected chi connectivity index (χ0v) is 16.3. The second kappa shape index (κ2) is 8.45. The zero-order valence-electron chi connectivity index (χ0n) is 15.5.